The maximum absolute atomic E-state index is 10.5. The first kappa shape index (κ1) is 11.2. The molecule has 3 nitrogen and oxygen atoms in total. The van der Waals surface area contributed by atoms with E-state index in [1.807, 2.05) is 36.4 Å². The van der Waals surface area contributed by atoms with Crippen molar-refractivity contribution >= 4 is 0 Å². The van der Waals surface area contributed by atoms with Crippen molar-refractivity contribution in [2.75, 3.05) is 6.61 Å². The van der Waals surface area contributed by atoms with Crippen molar-refractivity contribution in [3.05, 3.63) is 59.9 Å². The number of aromatic nitrogens is 1. The quantitative estimate of drug-likeness (QED) is 0.879. The van der Waals surface area contributed by atoms with Gasteiger partial charge in [-0.3, -0.25) is 4.98 Å². The molecular weight excluding hydrogens is 226 g/mol. The van der Waals surface area contributed by atoms with Gasteiger partial charge in [0.25, 0.3) is 0 Å². The average Bonchev–Trinajstić information content (AvgIpc) is 2.47. The van der Waals surface area contributed by atoms with Gasteiger partial charge in [0.05, 0.1) is 12.7 Å². The third-order valence-corrected chi connectivity index (χ3v) is 3.41. The zero-order valence-corrected chi connectivity index (χ0v) is 9.99. The summed E-state index contributed by atoms with van der Waals surface area (Å²) in [5.74, 6) is 0.968. The summed E-state index contributed by atoms with van der Waals surface area (Å²) in [5, 5.41) is 10.5. The van der Waals surface area contributed by atoms with Crippen molar-refractivity contribution < 1.29 is 9.84 Å². The van der Waals surface area contributed by atoms with Crippen LogP contribution < -0.4 is 4.74 Å². The van der Waals surface area contributed by atoms with Crippen LogP contribution >= 0.6 is 0 Å². The Labute approximate surface area is 106 Å². The molecule has 18 heavy (non-hydrogen) atoms. The van der Waals surface area contributed by atoms with E-state index < -0.39 is 6.10 Å². The van der Waals surface area contributed by atoms with Crippen LogP contribution in [0.3, 0.4) is 0 Å². The number of ether oxygens (including phenoxy) is 1. The summed E-state index contributed by atoms with van der Waals surface area (Å²) < 4.78 is 5.61. The normalized spacial score (nSPS) is 19.7. The maximum atomic E-state index is 10.5. The summed E-state index contributed by atoms with van der Waals surface area (Å²) in [6, 6.07) is 11.7. The van der Waals surface area contributed by atoms with Crippen LogP contribution in [0.25, 0.3) is 0 Å². The van der Waals surface area contributed by atoms with Gasteiger partial charge in [0.2, 0.25) is 0 Å². The van der Waals surface area contributed by atoms with Crippen molar-refractivity contribution in [1.82, 2.24) is 4.98 Å². The molecule has 3 rings (SSSR count). The lowest BCUT2D eigenvalue weighted by atomic mass is 9.85. The van der Waals surface area contributed by atoms with Crippen molar-refractivity contribution in [3.63, 3.8) is 0 Å². The van der Waals surface area contributed by atoms with E-state index in [1.54, 1.807) is 12.4 Å². The molecule has 0 bridgehead atoms. The summed E-state index contributed by atoms with van der Waals surface area (Å²) in [7, 11) is 0. The van der Waals surface area contributed by atoms with E-state index in [-0.39, 0.29) is 5.92 Å². The molecule has 0 aliphatic carbocycles. The standard InChI is InChI=1S/C15H15NO2/c17-15(11-4-3-8-16-10-11)13-7-9-18-14-6-2-1-5-12(13)14/h1-6,8,10,13,15,17H,7,9H2. The Morgan fingerprint density at radius 1 is 1.22 bits per heavy atom. The smallest absolute Gasteiger partial charge is 0.122 e. The van der Waals surface area contributed by atoms with E-state index in [0.29, 0.717) is 6.61 Å². The molecule has 1 aromatic carbocycles. The molecule has 92 valence electrons. The van der Waals surface area contributed by atoms with Gasteiger partial charge in [-0.1, -0.05) is 24.3 Å². The van der Waals surface area contributed by atoms with Gasteiger partial charge in [0, 0.05) is 23.9 Å². The number of aliphatic hydroxyl groups is 1. The number of hydrogen-bond donors (Lipinski definition) is 1. The molecule has 1 aliphatic heterocycles. The highest BCUT2D eigenvalue weighted by Gasteiger charge is 2.28. The van der Waals surface area contributed by atoms with E-state index >= 15 is 0 Å². The SMILES string of the molecule is OC(c1cccnc1)C1CCOc2ccccc21. The van der Waals surface area contributed by atoms with E-state index in [2.05, 4.69) is 4.98 Å². The lowest BCUT2D eigenvalue weighted by Crippen LogP contribution is -2.20. The Morgan fingerprint density at radius 3 is 2.94 bits per heavy atom. The Balaban J connectivity index is 1.94. The molecule has 2 heterocycles. The van der Waals surface area contributed by atoms with Crippen LogP contribution in [0.2, 0.25) is 0 Å². The lowest BCUT2D eigenvalue weighted by molar-refractivity contribution is 0.117. The fourth-order valence-corrected chi connectivity index (χ4v) is 2.48. The highest BCUT2D eigenvalue weighted by atomic mass is 16.5. The molecule has 0 saturated heterocycles. The monoisotopic (exact) mass is 241 g/mol. The van der Waals surface area contributed by atoms with E-state index in [1.165, 1.54) is 0 Å². The molecule has 3 heteroatoms. The van der Waals surface area contributed by atoms with Crippen LogP contribution in [0, 0.1) is 0 Å². The minimum Gasteiger partial charge on any atom is -0.493 e. The van der Waals surface area contributed by atoms with Gasteiger partial charge >= 0.3 is 0 Å². The molecule has 2 atom stereocenters. The fourth-order valence-electron chi connectivity index (χ4n) is 2.48. The molecular formula is C15H15NO2. The largest absolute Gasteiger partial charge is 0.493 e. The summed E-state index contributed by atoms with van der Waals surface area (Å²) in [5.41, 5.74) is 1.94. The van der Waals surface area contributed by atoms with Crippen molar-refractivity contribution in [2.24, 2.45) is 0 Å². The molecule has 1 aliphatic rings. The van der Waals surface area contributed by atoms with Gasteiger partial charge in [-0.25, -0.2) is 0 Å². The molecule has 0 radical (unpaired) electrons. The second kappa shape index (κ2) is 4.78. The molecule has 0 spiro atoms. The lowest BCUT2D eigenvalue weighted by Gasteiger charge is -2.29. The third-order valence-electron chi connectivity index (χ3n) is 3.41. The fraction of sp³-hybridized carbons (Fsp3) is 0.267. The highest BCUT2D eigenvalue weighted by molar-refractivity contribution is 5.39. The number of pyridine rings is 1. The van der Waals surface area contributed by atoms with E-state index in [4.69, 9.17) is 4.74 Å². The van der Waals surface area contributed by atoms with Crippen molar-refractivity contribution in [2.45, 2.75) is 18.4 Å². The van der Waals surface area contributed by atoms with Crippen LogP contribution in [-0.4, -0.2) is 16.7 Å². The molecule has 2 aromatic rings. The zero-order valence-electron chi connectivity index (χ0n) is 9.99. The third kappa shape index (κ3) is 1.97. The topological polar surface area (TPSA) is 42.4 Å². The zero-order chi connectivity index (χ0) is 12.4. The molecule has 0 amide bonds. The van der Waals surface area contributed by atoms with Crippen LogP contribution in [0.5, 0.6) is 5.75 Å². The van der Waals surface area contributed by atoms with Gasteiger partial charge in [-0.15, -0.1) is 0 Å². The van der Waals surface area contributed by atoms with Crippen molar-refractivity contribution in [1.29, 1.82) is 0 Å². The van der Waals surface area contributed by atoms with Gasteiger partial charge in [0.1, 0.15) is 5.75 Å². The van der Waals surface area contributed by atoms with E-state index in [9.17, 15) is 5.11 Å². The summed E-state index contributed by atoms with van der Waals surface area (Å²) in [6.07, 6.45) is 3.74. The summed E-state index contributed by atoms with van der Waals surface area (Å²) >= 11 is 0. The van der Waals surface area contributed by atoms with Gasteiger partial charge < -0.3 is 9.84 Å². The number of nitrogens with zero attached hydrogens (tertiary/aromatic N) is 1. The van der Waals surface area contributed by atoms with E-state index in [0.717, 1.165) is 23.3 Å². The Bertz CT molecular complexity index is 527. The Hall–Kier alpha value is -1.87. The van der Waals surface area contributed by atoms with Gasteiger partial charge in [0.15, 0.2) is 0 Å². The average molecular weight is 241 g/mol. The first-order chi connectivity index (χ1) is 8.86. The minimum atomic E-state index is -0.524. The first-order valence-corrected chi connectivity index (χ1v) is 6.16. The number of fused-ring (bicyclic) bond motifs is 1. The van der Waals surface area contributed by atoms with Crippen LogP contribution in [0.4, 0.5) is 0 Å². The summed E-state index contributed by atoms with van der Waals surface area (Å²) in [6.45, 7) is 0.652. The highest BCUT2D eigenvalue weighted by Crippen LogP contribution is 2.40. The van der Waals surface area contributed by atoms with Crippen LogP contribution in [0.15, 0.2) is 48.8 Å². The Kier molecular flexibility index (Phi) is 2.99. The molecule has 0 saturated carbocycles. The number of rotatable bonds is 2. The number of para-hydroxylation sites is 1. The van der Waals surface area contributed by atoms with Gasteiger partial charge in [-0.05, 0) is 24.1 Å². The van der Waals surface area contributed by atoms with Gasteiger partial charge in [-0.2, -0.15) is 0 Å². The molecule has 1 N–H and O–H groups in total. The predicted octanol–water partition coefficient (Wildman–Crippen LogP) is 2.68. The number of hydrogen-bond acceptors (Lipinski definition) is 3. The first-order valence-electron chi connectivity index (χ1n) is 6.16. The van der Waals surface area contributed by atoms with Crippen LogP contribution in [0.1, 0.15) is 29.6 Å². The van der Waals surface area contributed by atoms with Crippen molar-refractivity contribution in [3.8, 4) is 5.75 Å². The van der Waals surface area contributed by atoms with Crippen LogP contribution in [-0.2, 0) is 0 Å². The predicted molar refractivity (Wildman–Crippen MR) is 68.5 cm³/mol. The maximum Gasteiger partial charge on any atom is 0.122 e. The number of benzene rings is 1. The molecule has 2 unspecified atom stereocenters. The molecule has 1 aromatic heterocycles. The minimum absolute atomic E-state index is 0.0825. The summed E-state index contributed by atoms with van der Waals surface area (Å²) in [4.78, 5) is 4.07. The molecule has 0 fully saturated rings. The second-order valence-corrected chi connectivity index (χ2v) is 4.51. The number of aliphatic hydroxyl groups excluding tert-OH is 1. The second-order valence-electron chi connectivity index (χ2n) is 4.51. The Morgan fingerprint density at radius 2 is 2.11 bits per heavy atom.